The molecular formula is C24H29NO5. The maximum absolute atomic E-state index is 13.2. The Labute approximate surface area is 177 Å². The summed E-state index contributed by atoms with van der Waals surface area (Å²) in [6, 6.07) is 13.5. The van der Waals surface area contributed by atoms with E-state index in [0.717, 1.165) is 18.4 Å². The van der Waals surface area contributed by atoms with E-state index >= 15 is 0 Å². The van der Waals surface area contributed by atoms with Crippen LogP contribution in [0.3, 0.4) is 0 Å². The van der Waals surface area contributed by atoms with E-state index in [-0.39, 0.29) is 12.3 Å². The second-order valence-electron chi connectivity index (χ2n) is 6.92. The van der Waals surface area contributed by atoms with Crippen molar-refractivity contribution in [2.75, 3.05) is 27.3 Å². The third kappa shape index (κ3) is 6.65. The SMILES string of the molecule is COc1cc(C(=O)N(C/C=C/CC(=O)O)CCCc2ccccc2)cc(OC)c1C. The highest BCUT2D eigenvalue weighted by Gasteiger charge is 2.18. The Bertz CT molecular complexity index is 851. The maximum atomic E-state index is 13.2. The molecule has 0 aliphatic carbocycles. The molecular weight excluding hydrogens is 382 g/mol. The number of benzene rings is 2. The van der Waals surface area contributed by atoms with Crippen LogP contribution >= 0.6 is 0 Å². The van der Waals surface area contributed by atoms with E-state index in [0.29, 0.717) is 30.2 Å². The summed E-state index contributed by atoms with van der Waals surface area (Å²) < 4.78 is 10.8. The van der Waals surface area contributed by atoms with Crippen molar-refractivity contribution in [1.82, 2.24) is 4.90 Å². The van der Waals surface area contributed by atoms with E-state index < -0.39 is 5.97 Å². The van der Waals surface area contributed by atoms with Crippen LogP contribution < -0.4 is 9.47 Å². The Kier molecular flexibility index (Phi) is 8.94. The van der Waals surface area contributed by atoms with Crippen molar-refractivity contribution in [3.05, 3.63) is 71.3 Å². The number of ether oxygens (including phenoxy) is 2. The standard InChI is InChI=1S/C24H29NO5/c1-18-21(29-2)16-20(17-22(18)30-3)24(28)25(14-8-7-13-23(26)27)15-9-12-19-10-5-4-6-11-19/h4-8,10-11,16-17H,9,12-15H2,1-3H3,(H,26,27)/b8-7+. The second-order valence-corrected chi connectivity index (χ2v) is 6.92. The predicted octanol–water partition coefficient (Wildman–Crippen LogP) is 4.12. The lowest BCUT2D eigenvalue weighted by molar-refractivity contribution is -0.136. The van der Waals surface area contributed by atoms with E-state index in [1.165, 1.54) is 5.56 Å². The number of carboxylic acids is 1. The summed E-state index contributed by atoms with van der Waals surface area (Å²) in [5, 5.41) is 8.82. The molecule has 0 radical (unpaired) electrons. The highest BCUT2D eigenvalue weighted by Crippen LogP contribution is 2.30. The number of aliphatic carboxylic acids is 1. The van der Waals surface area contributed by atoms with Gasteiger partial charge in [-0.3, -0.25) is 9.59 Å². The number of amides is 1. The monoisotopic (exact) mass is 411 g/mol. The zero-order valence-corrected chi connectivity index (χ0v) is 17.8. The quantitative estimate of drug-likeness (QED) is 0.563. The highest BCUT2D eigenvalue weighted by atomic mass is 16.5. The molecule has 0 fully saturated rings. The van der Waals surface area contributed by atoms with Crippen LogP contribution in [-0.2, 0) is 11.2 Å². The molecule has 160 valence electrons. The molecule has 1 amide bonds. The lowest BCUT2D eigenvalue weighted by atomic mass is 10.1. The van der Waals surface area contributed by atoms with Crippen LogP contribution in [0, 0.1) is 6.92 Å². The van der Waals surface area contributed by atoms with Crippen LogP contribution in [0.5, 0.6) is 11.5 Å². The largest absolute Gasteiger partial charge is 0.496 e. The van der Waals surface area contributed by atoms with Gasteiger partial charge in [0.15, 0.2) is 0 Å². The fourth-order valence-electron chi connectivity index (χ4n) is 3.17. The van der Waals surface area contributed by atoms with Gasteiger partial charge in [0.25, 0.3) is 5.91 Å². The molecule has 0 bridgehead atoms. The Morgan fingerprint density at radius 3 is 2.23 bits per heavy atom. The topological polar surface area (TPSA) is 76.1 Å². The number of hydrogen-bond donors (Lipinski definition) is 1. The molecule has 2 aromatic rings. The summed E-state index contributed by atoms with van der Waals surface area (Å²) in [5.41, 5.74) is 2.51. The Morgan fingerprint density at radius 2 is 1.67 bits per heavy atom. The van der Waals surface area contributed by atoms with Crippen LogP contribution in [0.15, 0.2) is 54.6 Å². The van der Waals surface area contributed by atoms with Crippen molar-refractivity contribution < 1.29 is 24.2 Å². The van der Waals surface area contributed by atoms with E-state index in [1.807, 2.05) is 25.1 Å². The van der Waals surface area contributed by atoms with Gasteiger partial charge in [0, 0.05) is 24.2 Å². The molecule has 0 heterocycles. The molecule has 0 atom stereocenters. The van der Waals surface area contributed by atoms with E-state index in [2.05, 4.69) is 12.1 Å². The lowest BCUT2D eigenvalue weighted by Crippen LogP contribution is -2.32. The maximum Gasteiger partial charge on any atom is 0.307 e. The van der Waals surface area contributed by atoms with Gasteiger partial charge in [-0.15, -0.1) is 0 Å². The normalized spacial score (nSPS) is 10.8. The third-order valence-corrected chi connectivity index (χ3v) is 4.81. The molecule has 0 aromatic heterocycles. The molecule has 0 aliphatic rings. The van der Waals surface area contributed by atoms with Crippen molar-refractivity contribution in [2.45, 2.75) is 26.2 Å². The summed E-state index contributed by atoms with van der Waals surface area (Å²) in [7, 11) is 3.12. The minimum Gasteiger partial charge on any atom is -0.496 e. The number of nitrogens with zero attached hydrogens (tertiary/aromatic N) is 1. The lowest BCUT2D eigenvalue weighted by Gasteiger charge is -2.22. The number of aryl methyl sites for hydroxylation is 1. The molecule has 0 aliphatic heterocycles. The van der Waals surface area contributed by atoms with E-state index in [9.17, 15) is 9.59 Å². The minimum absolute atomic E-state index is 0.0712. The van der Waals surface area contributed by atoms with Gasteiger partial charge in [-0.2, -0.15) is 0 Å². The number of rotatable bonds is 11. The molecule has 1 N–H and O–H groups in total. The first-order valence-corrected chi connectivity index (χ1v) is 9.88. The summed E-state index contributed by atoms with van der Waals surface area (Å²) in [6.07, 6.45) is 4.86. The average molecular weight is 411 g/mol. The fourth-order valence-corrected chi connectivity index (χ4v) is 3.17. The smallest absolute Gasteiger partial charge is 0.307 e. The van der Waals surface area contributed by atoms with Gasteiger partial charge in [0.2, 0.25) is 0 Å². The van der Waals surface area contributed by atoms with Gasteiger partial charge in [-0.25, -0.2) is 0 Å². The third-order valence-electron chi connectivity index (χ3n) is 4.81. The summed E-state index contributed by atoms with van der Waals surface area (Å²) in [5.74, 6) is 0.118. The van der Waals surface area contributed by atoms with E-state index in [1.54, 1.807) is 43.4 Å². The number of carboxylic acid groups (broad SMARTS) is 1. The first-order chi connectivity index (χ1) is 14.5. The predicted molar refractivity (Wildman–Crippen MR) is 116 cm³/mol. The Hall–Kier alpha value is -3.28. The van der Waals surface area contributed by atoms with Gasteiger partial charge in [0.1, 0.15) is 11.5 Å². The molecule has 6 nitrogen and oxygen atoms in total. The van der Waals surface area contributed by atoms with Crippen LogP contribution in [0.25, 0.3) is 0 Å². The molecule has 2 rings (SSSR count). The minimum atomic E-state index is -0.902. The Morgan fingerprint density at radius 1 is 1.03 bits per heavy atom. The van der Waals surface area contributed by atoms with Crippen LogP contribution in [0.1, 0.15) is 34.3 Å². The Balaban J connectivity index is 2.18. The molecule has 0 saturated carbocycles. The first kappa shape index (κ1) is 23.0. The molecule has 0 unspecified atom stereocenters. The van der Waals surface area contributed by atoms with Crippen LogP contribution in [-0.4, -0.2) is 49.2 Å². The van der Waals surface area contributed by atoms with Crippen LogP contribution in [0.4, 0.5) is 0 Å². The van der Waals surface area contributed by atoms with E-state index in [4.69, 9.17) is 14.6 Å². The molecule has 30 heavy (non-hydrogen) atoms. The highest BCUT2D eigenvalue weighted by molar-refractivity contribution is 5.95. The summed E-state index contributed by atoms with van der Waals surface area (Å²) in [6.45, 7) is 2.75. The van der Waals surface area contributed by atoms with Gasteiger partial charge in [-0.1, -0.05) is 42.5 Å². The van der Waals surface area contributed by atoms with Gasteiger partial charge < -0.3 is 19.5 Å². The van der Waals surface area contributed by atoms with Crippen molar-refractivity contribution in [3.8, 4) is 11.5 Å². The molecule has 2 aromatic carbocycles. The van der Waals surface area contributed by atoms with Gasteiger partial charge in [-0.05, 0) is 37.5 Å². The molecule has 0 saturated heterocycles. The number of hydrogen-bond acceptors (Lipinski definition) is 4. The van der Waals surface area contributed by atoms with Gasteiger partial charge in [0.05, 0.1) is 20.6 Å². The zero-order valence-electron chi connectivity index (χ0n) is 17.8. The molecule has 0 spiro atoms. The fraction of sp³-hybridized carbons (Fsp3) is 0.333. The average Bonchev–Trinajstić information content (AvgIpc) is 2.75. The number of carbonyl (C=O) groups is 2. The second kappa shape index (κ2) is 11.7. The van der Waals surface area contributed by atoms with Crippen LogP contribution in [0.2, 0.25) is 0 Å². The number of methoxy groups -OCH3 is 2. The summed E-state index contributed by atoms with van der Waals surface area (Å²) in [4.78, 5) is 25.7. The van der Waals surface area contributed by atoms with Crippen molar-refractivity contribution in [3.63, 3.8) is 0 Å². The number of carbonyl (C=O) groups excluding carboxylic acids is 1. The summed E-state index contributed by atoms with van der Waals surface area (Å²) >= 11 is 0. The van der Waals surface area contributed by atoms with Crippen molar-refractivity contribution >= 4 is 11.9 Å². The zero-order chi connectivity index (χ0) is 21.9. The first-order valence-electron chi connectivity index (χ1n) is 9.88. The van der Waals surface area contributed by atoms with Crippen molar-refractivity contribution in [1.29, 1.82) is 0 Å². The van der Waals surface area contributed by atoms with Crippen molar-refractivity contribution in [2.24, 2.45) is 0 Å². The molecule has 6 heteroatoms. The van der Waals surface area contributed by atoms with Gasteiger partial charge >= 0.3 is 5.97 Å².